The van der Waals surface area contributed by atoms with Gasteiger partial charge in [0.2, 0.25) is 0 Å². The third-order valence-electron chi connectivity index (χ3n) is 4.37. The average Bonchev–Trinajstić information content (AvgIpc) is 2.82. The van der Waals surface area contributed by atoms with Gasteiger partial charge in [0.05, 0.1) is 0 Å². The monoisotopic (exact) mass is 244 g/mol. The lowest BCUT2D eigenvalue weighted by Gasteiger charge is -2.24. The van der Waals surface area contributed by atoms with E-state index in [1.165, 1.54) is 37.8 Å². The van der Waals surface area contributed by atoms with E-state index in [9.17, 15) is 5.26 Å². The van der Waals surface area contributed by atoms with Crippen molar-refractivity contribution >= 4 is 0 Å². The zero-order valence-electron chi connectivity index (χ0n) is 11.7. The Labute approximate surface area is 111 Å². The molecule has 1 aromatic rings. The lowest BCUT2D eigenvalue weighted by atomic mass is 9.86. The molecule has 1 aliphatic carbocycles. The zero-order chi connectivity index (χ0) is 13.0. The Balaban J connectivity index is 2.16. The van der Waals surface area contributed by atoms with Gasteiger partial charge in [0.15, 0.2) is 0 Å². The molecule has 98 valence electrons. The summed E-state index contributed by atoms with van der Waals surface area (Å²) in [4.78, 5) is 0. The maximum Gasteiger partial charge on any atom is 0.120 e. The van der Waals surface area contributed by atoms with Crippen LogP contribution >= 0.6 is 0 Å². The molecular weight excluding hydrogens is 220 g/mol. The van der Waals surface area contributed by atoms with Crippen LogP contribution in [0.2, 0.25) is 0 Å². The van der Waals surface area contributed by atoms with Crippen LogP contribution in [-0.4, -0.2) is 4.57 Å². The van der Waals surface area contributed by atoms with Crippen LogP contribution in [0.4, 0.5) is 0 Å². The Morgan fingerprint density at radius 2 is 2.06 bits per heavy atom. The summed E-state index contributed by atoms with van der Waals surface area (Å²) in [6, 6.07) is 6.93. The second kappa shape index (κ2) is 6.09. The van der Waals surface area contributed by atoms with Crippen molar-refractivity contribution in [1.82, 2.24) is 4.57 Å². The highest BCUT2D eigenvalue weighted by Crippen LogP contribution is 2.29. The van der Waals surface area contributed by atoms with Crippen LogP contribution in [0.15, 0.2) is 12.1 Å². The fourth-order valence-electron chi connectivity index (χ4n) is 3.14. The minimum atomic E-state index is 0.438. The molecule has 0 saturated heterocycles. The molecule has 0 N–H and O–H groups in total. The highest BCUT2D eigenvalue weighted by Gasteiger charge is 2.18. The molecule has 0 aliphatic heterocycles. The first-order chi connectivity index (χ1) is 8.76. The van der Waals surface area contributed by atoms with E-state index in [2.05, 4.69) is 30.6 Å². The van der Waals surface area contributed by atoms with Gasteiger partial charge in [0.1, 0.15) is 11.8 Å². The predicted molar refractivity (Wildman–Crippen MR) is 74.4 cm³/mol. The van der Waals surface area contributed by atoms with Crippen LogP contribution in [0.1, 0.15) is 69.8 Å². The topological polar surface area (TPSA) is 28.7 Å². The highest BCUT2D eigenvalue weighted by molar-refractivity contribution is 5.28. The molecule has 1 fully saturated rings. The third-order valence-corrected chi connectivity index (χ3v) is 4.37. The Hall–Kier alpha value is -1.23. The minimum absolute atomic E-state index is 0.438. The molecule has 2 rings (SSSR count). The van der Waals surface area contributed by atoms with Crippen molar-refractivity contribution in [3.8, 4) is 6.07 Å². The molecule has 0 spiro atoms. The maximum atomic E-state index is 9.21. The van der Waals surface area contributed by atoms with Gasteiger partial charge in [0.25, 0.3) is 0 Å². The van der Waals surface area contributed by atoms with Gasteiger partial charge < -0.3 is 4.57 Å². The van der Waals surface area contributed by atoms with Crippen LogP contribution in [0.25, 0.3) is 0 Å². The molecule has 0 radical (unpaired) electrons. The van der Waals surface area contributed by atoms with E-state index in [0.717, 1.165) is 24.5 Å². The van der Waals surface area contributed by atoms with Crippen molar-refractivity contribution in [2.24, 2.45) is 5.92 Å². The first kappa shape index (κ1) is 13.2. The van der Waals surface area contributed by atoms with Gasteiger partial charge in [-0.1, -0.05) is 39.0 Å². The molecule has 1 atom stereocenters. The van der Waals surface area contributed by atoms with Crippen molar-refractivity contribution < 1.29 is 0 Å². The summed E-state index contributed by atoms with van der Waals surface area (Å²) >= 11 is 0. The van der Waals surface area contributed by atoms with E-state index >= 15 is 0 Å². The van der Waals surface area contributed by atoms with Gasteiger partial charge in [-0.3, -0.25) is 0 Å². The van der Waals surface area contributed by atoms with E-state index in [4.69, 9.17) is 0 Å². The Kier molecular flexibility index (Phi) is 4.47. The van der Waals surface area contributed by atoms with Crippen molar-refractivity contribution in [2.75, 3.05) is 0 Å². The summed E-state index contributed by atoms with van der Waals surface area (Å²) in [5.74, 6) is 0.836. The predicted octanol–water partition coefficient (Wildman–Crippen LogP) is 4.45. The van der Waals surface area contributed by atoms with Crippen molar-refractivity contribution in [2.45, 2.75) is 64.8 Å². The molecular formula is C16H24N2. The molecule has 1 unspecified atom stereocenters. The van der Waals surface area contributed by atoms with Gasteiger partial charge in [-0.2, -0.15) is 5.26 Å². The summed E-state index contributed by atoms with van der Waals surface area (Å²) in [5, 5.41) is 9.21. The Bertz CT molecular complexity index is 419. The molecule has 2 heteroatoms. The van der Waals surface area contributed by atoms with E-state index in [-0.39, 0.29) is 0 Å². The van der Waals surface area contributed by atoms with Crippen LogP contribution in [0, 0.1) is 17.2 Å². The summed E-state index contributed by atoms with van der Waals surface area (Å²) < 4.78 is 2.26. The van der Waals surface area contributed by atoms with Crippen LogP contribution in [0.3, 0.4) is 0 Å². The van der Waals surface area contributed by atoms with Crippen molar-refractivity contribution in [3.63, 3.8) is 0 Å². The highest BCUT2D eigenvalue weighted by atomic mass is 15.0. The molecule has 0 amide bonds. The normalized spacial score (nSPS) is 18.5. The SMILES string of the molecule is CCC(C)n1c(C#N)ccc1CC1CCCCC1. The quantitative estimate of drug-likeness (QED) is 0.769. The molecule has 0 aromatic carbocycles. The zero-order valence-corrected chi connectivity index (χ0v) is 11.7. The molecule has 2 nitrogen and oxygen atoms in total. The maximum absolute atomic E-state index is 9.21. The number of nitrogens with zero attached hydrogens (tertiary/aromatic N) is 2. The first-order valence-corrected chi connectivity index (χ1v) is 7.36. The van der Waals surface area contributed by atoms with Crippen molar-refractivity contribution in [1.29, 1.82) is 5.26 Å². The number of hydrogen-bond acceptors (Lipinski definition) is 1. The number of nitriles is 1. The average molecular weight is 244 g/mol. The van der Waals surface area contributed by atoms with Gasteiger partial charge >= 0.3 is 0 Å². The van der Waals surface area contributed by atoms with E-state index in [0.29, 0.717) is 6.04 Å². The fourth-order valence-corrected chi connectivity index (χ4v) is 3.14. The van der Waals surface area contributed by atoms with Crippen LogP contribution in [-0.2, 0) is 6.42 Å². The summed E-state index contributed by atoms with van der Waals surface area (Å²) in [5.41, 5.74) is 2.20. The molecule has 1 heterocycles. The first-order valence-electron chi connectivity index (χ1n) is 7.36. The Morgan fingerprint density at radius 3 is 2.67 bits per heavy atom. The van der Waals surface area contributed by atoms with Gasteiger partial charge in [-0.25, -0.2) is 0 Å². The second-order valence-corrected chi connectivity index (χ2v) is 5.66. The number of hydrogen-bond donors (Lipinski definition) is 0. The summed E-state index contributed by atoms with van der Waals surface area (Å²) in [7, 11) is 0. The van der Waals surface area contributed by atoms with Crippen LogP contribution < -0.4 is 0 Å². The van der Waals surface area contributed by atoms with E-state index in [1.807, 2.05) is 6.07 Å². The van der Waals surface area contributed by atoms with E-state index in [1.54, 1.807) is 0 Å². The molecule has 1 saturated carbocycles. The van der Waals surface area contributed by atoms with Crippen molar-refractivity contribution in [3.05, 3.63) is 23.5 Å². The summed E-state index contributed by atoms with van der Waals surface area (Å²) in [6.07, 6.45) is 9.17. The van der Waals surface area contributed by atoms with Gasteiger partial charge in [-0.15, -0.1) is 0 Å². The fraction of sp³-hybridized carbons (Fsp3) is 0.688. The number of aromatic nitrogens is 1. The lowest BCUT2D eigenvalue weighted by Crippen LogP contribution is -2.15. The standard InChI is InChI=1S/C16H24N2/c1-3-13(2)18-15(9-10-16(18)12-17)11-14-7-5-4-6-8-14/h9-10,13-14H,3-8,11H2,1-2H3. The van der Waals surface area contributed by atoms with E-state index < -0.39 is 0 Å². The largest absolute Gasteiger partial charge is 0.334 e. The molecule has 18 heavy (non-hydrogen) atoms. The molecule has 0 bridgehead atoms. The van der Waals surface area contributed by atoms with Gasteiger partial charge in [0, 0.05) is 11.7 Å². The third kappa shape index (κ3) is 2.77. The molecule has 1 aromatic heterocycles. The number of rotatable bonds is 4. The lowest BCUT2D eigenvalue weighted by molar-refractivity contribution is 0.346. The minimum Gasteiger partial charge on any atom is -0.334 e. The van der Waals surface area contributed by atoms with Crippen LogP contribution in [0.5, 0.6) is 0 Å². The van der Waals surface area contributed by atoms with Gasteiger partial charge in [-0.05, 0) is 37.8 Å². The molecule has 1 aliphatic rings. The Morgan fingerprint density at radius 1 is 1.33 bits per heavy atom. The smallest absolute Gasteiger partial charge is 0.120 e. The second-order valence-electron chi connectivity index (χ2n) is 5.66. The summed E-state index contributed by atoms with van der Waals surface area (Å²) in [6.45, 7) is 4.40.